The summed E-state index contributed by atoms with van der Waals surface area (Å²) in [6, 6.07) is 11.4. The predicted octanol–water partition coefficient (Wildman–Crippen LogP) is 3.66. The van der Waals surface area contributed by atoms with Gasteiger partial charge in [-0.1, -0.05) is 18.2 Å². The Morgan fingerprint density at radius 3 is 2.60 bits per heavy atom. The van der Waals surface area contributed by atoms with Crippen molar-refractivity contribution in [3.05, 3.63) is 58.7 Å². The SMILES string of the molecule is Oc1ccc2c(c1)[C@H](O)CC1(CCN(C[C@H](O)c3ccc4c(c3)CCCC4)CC1)O2. The molecule has 1 saturated heterocycles. The highest BCUT2D eigenvalue weighted by Crippen LogP contribution is 2.45. The number of nitrogens with zero attached hydrogens (tertiary/aromatic N) is 1. The zero-order chi connectivity index (χ0) is 20.7. The molecule has 2 aromatic rings. The van der Waals surface area contributed by atoms with E-state index < -0.39 is 12.2 Å². The Bertz CT molecular complexity index is 919. The van der Waals surface area contributed by atoms with Gasteiger partial charge < -0.3 is 25.0 Å². The molecular formula is C25H31NO4. The maximum absolute atomic E-state index is 10.8. The van der Waals surface area contributed by atoms with E-state index in [1.807, 2.05) is 0 Å². The number of aliphatic hydroxyl groups excluding tert-OH is 2. The summed E-state index contributed by atoms with van der Waals surface area (Å²) in [5.41, 5.74) is 4.18. The van der Waals surface area contributed by atoms with Crippen LogP contribution in [0.5, 0.6) is 11.5 Å². The second-order valence-electron chi connectivity index (χ2n) is 9.28. The van der Waals surface area contributed by atoms with E-state index >= 15 is 0 Å². The Morgan fingerprint density at radius 2 is 1.80 bits per heavy atom. The van der Waals surface area contributed by atoms with E-state index in [2.05, 4.69) is 23.1 Å². The molecule has 0 radical (unpaired) electrons. The summed E-state index contributed by atoms with van der Waals surface area (Å²) in [5.74, 6) is 0.826. The highest BCUT2D eigenvalue weighted by Gasteiger charge is 2.43. The van der Waals surface area contributed by atoms with E-state index in [1.54, 1.807) is 18.2 Å². The van der Waals surface area contributed by atoms with Crippen LogP contribution in [0, 0.1) is 0 Å². The first-order chi connectivity index (χ1) is 14.5. The third kappa shape index (κ3) is 3.82. The number of β-amino-alcohol motifs (C(OH)–C–C–N with tert-alkyl or cyclic N) is 1. The fourth-order valence-electron chi connectivity index (χ4n) is 5.39. The number of hydrogen-bond donors (Lipinski definition) is 3. The number of hydrogen-bond acceptors (Lipinski definition) is 5. The molecule has 2 aromatic carbocycles. The molecule has 3 N–H and O–H groups in total. The van der Waals surface area contributed by atoms with Gasteiger partial charge in [-0.2, -0.15) is 0 Å². The Morgan fingerprint density at radius 1 is 1.03 bits per heavy atom. The Kier molecular flexibility index (Phi) is 5.21. The number of aromatic hydroxyl groups is 1. The summed E-state index contributed by atoms with van der Waals surface area (Å²) in [5, 5.41) is 31.1. The lowest BCUT2D eigenvalue weighted by atomic mass is 9.81. The molecule has 5 rings (SSSR count). The fourth-order valence-corrected chi connectivity index (χ4v) is 5.39. The van der Waals surface area contributed by atoms with Crippen molar-refractivity contribution in [3.63, 3.8) is 0 Å². The van der Waals surface area contributed by atoms with Gasteiger partial charge in [-0.3, -0.25) is 0 Å². The van der Waals surface area contributed by atoms with Gasteiger partial charge in [0.1, 0.15) is 17.1 Å². The van der Waals surface area contributed by atoms with Crippen LogP contribution in [0.2, 0.25) is 0 Å². The largest absolute Gasteiger partial charge is 0.508 e. The molecule has 0 unspecified atom stereocenters. The maximum atomic E-state index is 10.8. The molecule has 1 spiro atoms. The second kappa shape index (κ2) is 7.88. The predicted molar refractivity (Wildman–Crippen MR) is 115 cm³/mol. The molecule has 0 bridgehead atoms. The Hall–Kier alpha value is -2.08. The van der Waals surface area contributed by atoms with Crippen molar-refractivity contribution in [3.8, 4) is 11.5 Å². The minimum absolute atomic E-state index is 0.151. The van der Waals surface area contributed by atoms with E-state index in [9.17, 15) is 15.3 Å². The first-order valence-electron chi connectivity index (χ1n) is 11.2. The van der Waals surface area contributed by atoms with Crippen LogP contribution in [-0.2, 0) is 12.8 Å². The smallest absolute Gasteiger partial charge is 0.126 e. The fraction of sp³-hybridized carbons (Fsp3) is 0.520. The van der Waals surface area contributed by atoms with Crippen molar-refractivity contribution in [1.82, 2.24) is 4.90 Å². The van der Waals surface area contributed by atoms with E-state index in [1.165, 1.54) is 24.0 Å². The van der Waals surface area contributed by atoms with Gasteiger partial charge in [0.25, 0.3) is 0 Å². The number of phenolic OH excluding ortho intramolecular Hbond substituents is 1. The molecule has 160 valence electrons. The normalized spacial score (nSPS) is 24.0. The number of piperidine rings is 1. The molecule has 5 nitrogen and oxygen atoms in total. The highest BCUT2D eigenvalue weighted by atomic mass is 16.5. The zero-order valence-corrected chi connectivity index (χ0v) is 17.4. The van der Waals surface area contributed by atoms with Crippen LogP contribution in [-0.4, -0.2) is 45.5 Å². The summed E-state index contributed by atoms with van der Waals surface area (Å²) in [6.45, 7) is 2.30. The molecular weight excluding hydrogens is 378 g/mol. The Labute approximate surface area is 177 Å². The molecule has 5 heteroatoms. The summed E-state index contributed by atoms with van der Waals surface area (Å²) in [6.07, 6.45) is 5.90. The summed E-state index contributed by atoms with van der Waals surface area (Å²) in [4.78, 5) is 2.30. The van der Waals surface area contributed by atoms with Gasteiger partial charge >= 0.3 is 0 Å². The second-order valence-corrected chi connectivity index (χ2v) is 9.28. The van der Waals surface area contributed by atoms with E-state index in [4.69, 9.17) is 4.74 Å². The minimum atomic E-state index is -0.617. The molecule has 2 heterocycles. The van der Waals surface area contributed by atoms with Crippen molar-refractivity contribution in [2.75, 3.05) is 19.6 Å². The van der Waals surface area contributed by atoms with Crippen LogP contribution in [0.25, 0.3) is 0 Å². The van der Waals surface area contributed by atoms with Gasteiger partial charge in [0.05, 0.1) is 12.2 Å². The first-order valence-corrected chi connectivity index (χ1v) is 11.2. The number of ether oxygens (including phenoxy) is 1. The first kappa shape index (κ1) is 19.9. The standard InChI is InChI=1S/C25H31NO4/c27-20-7-8-24-21(14-20)22(28)15-25(30-24)9-11-26(12-10-25)16-23(29)19-6-5-17-3-1-2-4-18(17)13-19/h5-8,13-14,22-23,27-29H,1-4,9-12,15-16H2/t22-,23+/m1/s1. The van der Waals surface area contributed by atoms with Crippen LogP contribution in [0.3, 0.4) is 0 Å². The van der Waals surface area contributed by atoms with Crippen LogP contribution in [0.15, 0.2) is 36.4 Å². The lowest BCUT2D eigenvalue weighted by Gasteiger charge is -2.46. The van der Waals surface area contributed by atoms with Gasteiger partial charge in [-0.25, -0.2) is 0 Å². The third-order valence-electron chi connectivity index (χ3n) is 7.20. The molecule has 2 aliphatic heterocycles. The van der Waals surface area contributed by atoms with E-state index in [-0.39, 0.29) is 11.4 Å². The highest BCUT2D eigenvalue weighted by molar-refractivity contribution is 5.43. The van der Waals surface area contributed by atoms with Crippen molar-refractivity contribution in [2.45, 2.75) is 62.8 Å². The summed E-state index contributed by atoms with van der Waals surface area (Å²) < 4.78 is 6.33. The zero-order valence-electron chi connectivity index (χ0n) is 17.4. The van der Waals surface area contributed by atoms with Gasteiger partial charge in [-0.05, 0) is 73.4 Å². The van der Waals surface area contributed by atoms with Crippen LogP contribution in [0.4, 0.5) is 0 Å². The number of fused-ring (bicyclic) bond motifs is 2. The molecule has 1 fully saturated rings. The number of aryl methyl sites for hydroxylation is 2. The maximum Gasteiger partial charge on any atom is 0.126 e. The lowest BCUT2D eigenvalue weighted by molar-refractivity contribution is -0.0588. The molecule has 3 aliphatic rings. The summed E-state index contributed by atoms with van der Waals surface area (Å²) in [7, 11) is 0. The minimum Gasteiger partial charge on any atom is -0.508 e. The molecule has 30 heavy (non-hydrogen) atoms. The van der Waals surface area contributed by atoms with Gasteiger partial charge in [0.2, 0.25) is 0 Å². The quantitative estimate of drug-likeness (QED) is 0.722. The van der Waals surface area contributed by atoms with Crippen molar-refractivity contribution in [1.29, 1.82) is 0 Å². The lowest BCUT2D eigenvalue weighted by Crippen LogP contribution is -2.51. The molecule has 0 aromatic heterocycles. The average molecular weight is 410 g/mol. The number of benzene rings is 2. The summed E-state index contributed by atoms with van der Waals surface area (Å²) >= 11 is 0. The number of rotatable bonds is 3. The monoisotopic (exact) mass is 409 g/mol. The average Bonchev–Trinajstić information content (AvgIpc) is 2.76. The third-order valence-corrected chi connectivity index (χ3v) is 7.20. The number of aliphatic hydroxyl groups is 2. The topological polar surface area (TPSA) is 73.2 Å². The molecule has 0 saturated carbocycles. The van der Waals surface area contributed by atoms with Crippen molar-refractivity contribution >= 4 is 0 Å². The Balaban J connectivity index is 1.22. The van der Waals surface area contributed by atoms with Crippen LogP contribution >= 0.6 is 0 Å². The molecule has 2 atom stereocenters. The number of phenols is 1. The van der Waals surface area contributed by atoms with Crippen LogP contribution in [0.1, 0.15) is 66.6 Å². The van der Waals surface area contributed by atoms with Gasteiger partial charge in [0, 0.05) is 31.6 Å². The van der Waals surface area contributed by atoms with Gasteiger partial charge in [-0.15, -0.1) is 0 Å². The molecule has 1 aliphatic carbocycles. The van der Waals surface area contributed by atoms with Gasteiger partial charge in [0.15, 0.2) is 0 Å². The number of likely N-dealkylation sites (tertiary alicyclic amines) is 1. The van der Waals surface area contributed by atoms with Crippen molar-refractivity contribution < 1.29 is 20.1 Å². The van der Waals surface area contributed by atoms with Crippen molar-refractivity contribution in [2.24, 2.45) is 0 Å². The van der Waals surface area contributed by atoms with Crippen LogP contribution < -0.4 is 4.74 Å². The van der Waals surface area contributed by atoms with E-state index in [0.29, 0.717) is 24.3 Å². The molecule has 0 amide bonds. The van der Waals surface area contributed by atoms with E-state index in [0.717, 1.165) is 44.3 Å².